The molecule has 34 heavy (non-hydrogen) atoms. The molecule has 0 radical (unpaired) electrons. The van der Waals surface area contributed by atoms with Gasteiger partial charge in [0.05, 0.1) is 11.4 Å². The van der Waals surface area contributed by atoms with Crippen LogP contribution in [0, 0.1) is 0 Å². The predicted octanol–water partition coefficient (Wildman–Crippen LogP) is 5.31. The number of benzene rings is 3. The second-order valence-corrected chi connectivity index (χ2v) is 8.49. The van der Waals surface area contributed by atoms with Crippen LogP contribution in [0.4, 0.5) is 0 Å². The number of para-hydroxylation sites is 1. The summed E-state index contributed by atoms with van der Waals surface area (Å²) in [7, 11) is 1.71. The Balaban J connectivity index is 1.50. The number of carbonyl (C=O) groups excluding carboxylic acids is 1. The van der Waals surface area contributed by atoms with Crippen LogP contribution in [0.3, 0.4) is 0 Å². The third-order valence-electron chi connectivity index (χ3n) is 5.67. The number of hydrogen-bond acceptors (Lipinski definition) is 3. The Bertz CT molecular complexity index is 1540. The van der Waals surface area contributed by atoms with E-state index in [0.29, 0.717) is 17.0 Å². The zero-order chi connectivity index (χ0) is 23.7. The second-order valence-electron chi connectivity index (χ2n) is 8.05. The van der Waals surface area contributed by atoms with Gasteiger partial charge >= 0.3 is 0 Å². The van der Waals surface area contributed by atoms with Gasteiger partial charge in [0.1, 0.15) is 5.69 Å². The highest BCUT2D eigenvalue weighted by Gasteiger charge is 2.19. The van der Waals surface area contributed by atoms with Crippen LogP contribution in [0.1, 0.15) is 16.1 Å². The highest BCUT2D eigenvalue weighted by molar-refractivity contribution is 6.30. The van der Waals surface area contributed by atoms with Gasteiger partial charge in [-0.25, -0.2) is 4.68 Å². The molecule has 0 fully saturated rings. The van der Waals surface area contributed by atoms with E-state index in [4.69, 9.17) is 16.7 Å². The van der Waals surface area contributed by atoms with E-state index >= 15 is 0 Å². The number of fused-ring (bicyclic) bond motifs is 1. The molecule has 0 unspecified atom stereocenters. The molecule has 7 heteroatoms. The van der Waals surface area contributed by atoms with Gasteiger partial charge in [0, 0.05) is 41.3 Å². The molecule has 1 amide bonds. The third kappa shape index (κ3) is 4.23. The van der Waals surface area contributed by atoms with E-state index in [9.17, 15) is 9.59 Å². The fourth-order valence-corrected chi connectivity index (χ4v) is 4.07. The summed E-state index contributed by atoms with van der Waals surface area (Å²) in [5.74, 6) is -0.280. The molecule has 2 heterocycles. The Labute approximate surface area is 201 Å². The first-order chi connectivity index (χ1) is 16.5. The Morgan fingerprint density at radius 3 is 2.47 bits per heavy atom. The van der Waals surface area contributed by atoms with Gasteiger partial charge < -0.3 is 9.88 Å². The SMILES string of the molecule is CN(Cc1cn(-c2ccccc2)nc1-c1ccc(Cl)cc1)C(=O)c1cc2ccccc2c(=O)[nH]1. The lowest BCUT2D eigenvalue weighted by Gasteiger charge is -2.17. The maximum atomic E-state index is 13.2. The standard InChI is InChI=1S/C27H21ClN4O2/c1-31(27(34)24-15-19-7-5-6-10-23(19)26(33)29-24)16-20-17-32(22-8-3-2-4-9-22)30-25(20)18-11-13-21(28)14-12-18/h2-15,17H,16H2,1H3,(H,29,33). The molecule has 0 spiro atoms. The van der Waals surface area contributed by atoms with E-state index in [2.05, 4.69) is 4.98 Å². The zero-order valence-electron chi connectivity index (χ0n) is 18.4. The highest BCUT2D eigenvalue weighted by atomic mass is 35.5. The number of rotatable bonds is 5. The lowest BCUT2D eigenvalue weighted by molar-refractivity contribution is 0.0779. The zero-order valence-corrected chi connectivity index (χ0v) is 19.2. The molecule has 5 aromatic rings. The van der Waals surface area contributed by atoms with Crippen molar-refractivity contribution in [1.82, 2.24) is 19.7 Å². The lowest BCUT2D eigenvalue weighted by Crippen LogP contribution is -2.28. The number of hydrogen-bond donors (Lipinski definition) is 1. The van der Waals surface area contributed by atoms with Gasteiger partial charge in [0.15, 0.2) is 0 Å². The molecule has 3 aromatic carbocycles. The number of aromatic nitrogens is 3. The number of amides is 1. The van der Waals surface area contributed by atoms with Crippen LogP contribution in [0.25, 0.3) is 27.7 Å². The molecular weight excluding hydrogens is 448 g/mol. The average Bonchev–Trinajstić information content (AvgIpc) is 3.28. The molecule has 0 aliphatic carbocycles. The fourth-order valence-electron chi connectivity index (χ4n) is 3.95. The van der Waals surface area contributed by atoms with E-state index in [0.717, 1.165) is 27.9 Å². The van der Waals surface area contributed by atoms with Gasteiger partial charge in [-0.05, 0) is 41.8 Å². The van der Waals surface area contributed by atoms with E-state index in [1.165, 1.54) is 0 Å². The maximum absolute atomic E-state index is 13.2. The summed E-state index contributed by atoms with van der Waals surface area (Å²) in [6.07, 6.45) is 1.92. The van der Waals surface area contributed by atoms with Crippen LogP contribution in [-0.2, 0) is 6.54 Å². The Kier molecular flexibility index (Phi) is 5.74. The number of pyridine rings is 1. The molecule has 6 nitrogen and oxygen atoms in total. The van der Waals surface area contributed by atoms with Crippen LogP contribution < -0.4 is 5.56 Å². The molecular formula is C27H21ClN4O2. The number of nitrogens with zero attached hydrogens (tertiary/aromatic N) is 3. The van der Waals surface area contributed by atoms with Gasteiger partial charge in [-0.1, -0.05) is 60.1 Å². The first-order valence-electron chi connectivity index (χ1n) is 10.8. The number of carbonyl (C=O) groups is 1. The topological polar surface area (TPSA) is 71.0 Å². The van der Waals surface area contributed by atoms with E-state index in [1.54, 1.807) is 34.8 Å². The van der Waals surface area contributed by atoms with Gasteiger partial charge in [0.25, 0.3) is 11.5 Å². The van der Waals surface area contributed by atoms with Crippen molar-refractivity contribution in [2.24, 2.45) is 0 Å². The summed E-state index contributed by atoms with van der Waals surface area (Å²) in [4.78, 5) is 30.0. The van der Waals surface area contributed by atoms with Gasteiger partial charge in [-0.2, -0.15) is 5.10 Å². The summed E-state index contributed by atoms with van der Waals surface area (Å²) in [5.41, 5.74) is 3.39. The summed E-state index contributed by atoms with van der Waals surface area (Å²) >= 11 is 6.08. The van der Waals surface area contributed by atoms with Crippen LogP contribution in [0.2, 0.25) is 5.02 Å². The van der Waals surface area contributed by atoms with E-state index in [-0.39, 0.29) is 17.2 Å². The Morgan fingerprint density at radius 2 is 1.71 bits per heavy atom. The maximum Gasteiger partial charge on any atom is 0.270 e. The molecule has 0 saturated carbocycles. The van der Waals surface area contributed by atoms with Crippen molar-refractivity contribution >= 4 is 28.3 Å². The van der Waals surface area contributed by atoms with Crippen LogP contribution in [0.5, 0.6) is 0 Å². The smallest absolute Gasteiger partial charge is 0.270 e. The molecule has 0 aliphatic heterocycles. The third-order valence-corrected chi connectivity index (χ3v) is 5.92. The number of halogens is 1. The molecule has 5 rings (SSSR count). The number of aromatic amines is 1. The molecule has 2 aromatic heterocycles. The second kappa shape index (κ2) is 9.00. The first kappa shape index (κ1) is 21.7. The average molecular weight is 469 g/mol. The Morgan fingerprint density at radius 1 is 1.00 bits per heavy atom. The minimum Gasteiger partial charge on any atom is -0.336 e. The number of H-pyrrole nitrogens is 1. The van der Waals surface area contributed by atoms with E-state index in [1.807, 2.05) is 72.9 Å². The predicted molar refractivity (Wildman–Crippen MR) is 134 cm³/mol. The quantitative estimate of drug-likeness (QED) is 0.380. The molecule has 0 saturated heterocycles. The van der Waals surface area contributed by atoms with Gasteiger partial charge in [0.2, 0.25) is 0 Å². The van der Waals surface area contributed by atoms with Crippen molar-refractivity contribution in [3.8, 4) is 16.9 Å². The van der Waals surface area contributed by atoms with Crippen molar-refractivity contribution in [1.29, 1.82) is 0 Å². The van der Waals surface area contributed by atoms with Crippen LogP contribution in [0.15, 0.2) is 95.9 Å². The minimum absolute atomic E-state index is 0.245. The normalized spacial score (nSPS) is 11.0. The first-order valence-corrected chi connectivity index (χ1v) is 11.1. The van der Waals surface area contributed by atoms with Crippen molar-refractivity contribution in [3.63, 3.8) is 0 Å². The van der Waals surface area contributed by atoms with Gasteiger partial charge in [-0.15, -0.1) is 0 Å². The van der Waals surface area contributed by atoms with Crippen molar-refractivity contribution < 1.29 is 4.79 Å². The fraction of sp³-hybridized carbons (Fsp3) is 0.0741. The van der Waals surface area contributed by atoms with Crippen LogP contribution in [-0.4, -0.2) is 32.6 Å². The summed E-state index contributed by atoms with van der Waals surface area (Å²) in [6, 6.07) is 26.2. The number of nitrogens with one attached hydrogen (secondary N) is 1. The summed E-state index contributed by atoms with van der Waals surface area (Å²) < 4.78 is 1.80. The van der Waals surface area contributed by atoms with Crippen molar-refractivity contribution in [2.45, 2.75) is 6.54 Å². The highest BCUT2D eigenvalue weighted by Crippen LogP contribution is 2.26. The van der Waals surface area contributed by atoms with Crippen LogP contribution >= 0.6 is 11.6 Å². The van der Waals surface area contributed by atoms with Crippen molar-refractivity contribution in [2.75, 3.05) is 7.05 Å². The minimum atomic E-state index is -0.284. The monoisotopic (exact) mass is 468 g/mol. The lowest BCUT2D eigenvalue weighted by atomic mass is 10.1. The van der Waals surface area contributed by atoms with E-state index < -0.39 is 0 Å². The van der Waals surface area contributed by atoms with Gasteiger partial charge in [-0.3, -0.25) is 9.59 Å². The summed E-state index contributed by atoms with van der Waals surface area (Å²) in [5, 5.41) is 6.71. The molecule has 0 bridgehead atoms. The van der Waals surface area contributed by atoms with Crippen molar-refractivity contribution in [3.05, 3.63) is 118 Å². The Hall–Kier alpha value is -4.16. The summed E-state index contributed by atoms with van der Waals surface area (Å²) in [6.45, 7) is 0.304. The molecule has 168 valence electrons. The molecule has 1 N–H and O–H groups in total. The molecule has 0 atom stereocenters. The molecule has 0 aliphatic rings. The largest absolute Gasteiger partial charge is 0.336 e.